The predicted molar refractivity (Wildman–Crippen MR) is 170 cm³/mol. The van der Waals surface area contributed by atoms with Gasteiger partial charge in [-0.1, -0.05) is 39.0 Å². The number of aryl methyl sites for hydroxylation is 1. The Morgan fingerprint density at radius 2 is 1.47 bits per heavy atom. The molecular formula is C36H41NO6. The van der Waals surface area contributed by atoms with Crippen LogP contribution in [0.3, 0.4) is 0 Å². The molecule has 0 amide bonds. The summed E-state index contributed by atoms with van der Waals surface area (Å²) < 4.78 is 22.2. The summed E-state index contributed by atoms with van der Waals surface area (Å²) in [6.45, 7) is 10.5. The Balaban J connectivity index is 1.43. The first kappa shape index (κ1) is 32.9. The van der Waals surface area contributed by atoms with Crippen molar-refractivity contribution < 1.29 is 28.5 Å². The van der Waals surface area contributed by atoms with Gasteiger partial charge in [0.1, 0.15) is 23.0 Å². The maximum absolute atomic E-state index is 12.6. The topological polar surface area (TPSA) is 94.9 Å². The molecule has 0 saturated heterocycles. The van der Waals surface area contributed by atoms with Gasteiger partial charge >= 0.3 is 11.9 Å². The second kappa shape index (κ2) is 18.0. The fourth-order valence-electron chi connectivity index (χ4n) is 4.27. The Morgan fingerprint density at radius 1 is 0.791 bits per heavy atom. The van der Waals surface area contributed by atoms with E-state index in [9.17, 15) is 9.59 Å². The number of ether oxygens (including phenoxy) is 4. The maximum Gasteiger partial charge on any atom is 0.343 e. The van der Waals surface area contributed by atoms with Crippen LogP contribution in [0.5, 0.6) is 17.2 Å². The first-order chi connectivity index (χ1) is 20.9. The van der Waals surface area contributed by atoms with Crippen LogP contribution in [0, 0.1) is 5.41 Å². The third-order valence-corrected chi connectivity index (χ3v) is 6.73. The van der Waals surface area contributed by atoms with Gasteiger partial charge in [0.25, 0.3) is 0 Å². The van der Waals surface area contributed by atoms with Crippen molar-refractivity contribution in [3.63, 3.8) is 0 Å². The molecule has 0 heterocycles. The van der Waals surface area contributed by atoms with Crippen molar-refractivity contribution >= 4 is 23.9 Å². The van der Waals surface area contributed by atoms with Gasteiger partial charge in [-0.2, -0.15) is 0 Å². The molecule has 43 heavy (non-hydrogen) atoms. The lowest BCUT2D eigenvalue weighted by molar-refractivity contribution is -0.137. The van der Waals surface area contributed by atoms with Crippen molar-refractivity contribution in [1.29, 1.82) is 5.41 Å². The molecule has 3 rings (SSSR count). The number of benzene rings is 3. The summed E-state index contributed by atoms with van der Waals surface area (Å²) in [5, 5.41) is 7.79. The van der Waals surface area contributed by atoms with Gasteiger partial charge in [-0.3, -0.25) is 0 Å². The zero-order valence-corrected chi connectivity index (χ0v) is 24.9. The van der Waals surface area contributed by atoms with Crippen molar-refractivity contribution in [3.8, 4) is 17.2 Å². The van der Waals surface area contributed by atoms with Crippen molar-refractivity contribution in [3.05, 3.63) is 108 Å². The number of hydrogen-bond acceptors (Lipinski definition) is 7. The fourth-order valence-corrected chi connectivity index (χ4v) is 4.27. The van der Waals surface area contributed by atoms with E-state index in [0.29, 0.717) is 47.3 Å². The largest absolute Gasteiger partial charge is 0.494 e. The van der Waals surface area contributed by atoms with E-state index in [2.05, 4.69) is 20.1 Å². The Hall–Kier alpha value is -4.65. The van der Waals surface area contributed by atoms with Crippen LogP contribution in [0.4, 0.5) is 0 Å². The van der Waals surface area contributed by atoms with Crippen molar-refractivity contribution in [2.24, 2.45) is 0 Å². The Bertz CT molecular complexity index is 1360. The molecule has 3 aromatic carbocycles. The fraction of sp³-hybridized carbons (Fsp3) is 0.306. The van der Waals surface area contributed by atoms with Crippen LogP contribution in [0.2, 0.25) is 0 Å². The third-order valence-electron chi connectivity index (χ3n) is 6.73. The van der Waals surface area contributed by atoms with Gasteiger partial charge < -0.3 is 24.4 Å². The lowest BCUT2D eigenvalue weighted by atomic mass is 10.0. The lowest BCUT2D eigenvalue weighted by Gasteiger charge is -2.13. The molecule has 0 aliphatic heterocycles. The standard InChI is InChI=1S/C36H41NO6/c1-4-6-9-12-28-13-22-34(31(25-28)26-37)42-27(3)29-14-20-33(21-15-29)43-36(39)30-16-18-32(19-17-30)40-23-10-7-8-11-24-41-35(38)5-2/h5,13-22,25-26,37H,2-4,6-12,23-24H2,1H3. The Morgan fingerprint density at radius 3 is 2.14 bits per heavy atom. The highest BCUT2D eigenvalue weighted by Crippen LogP contribution is 2.26. The average molecular weight is 584 g/mol. The molecule has 0 spiro atoms. The molecule has 0 aromatic heterocycles. The highest BCUT2D eigenvalue weighted by atomic mass is 16.5. The lowest BCUT2D eigenvalue weighted by Crippen LogP contribution is -2.08. The molecule has 0 aliphatic rings. The molecular weight excluding hydrogens is 542 g/mol. The zero-order chi connectivity index (χ0) is 30.9. The normalized spacial score (nSPS) is 10.4. The Labute approximate surface area is 254 Å². The van der Waals surface area contributed by atoms with Gasteiger partial charge in [-0.05, 0) is 105 Å². The molecule has 7 heteroatoms. The first-order valence-corrected chi connectivity index (χ1v) is 14.8. The predicted octanol–water partition coefficient (Wildman–Crippen LogP) is 8.35. The number of esters is 2. The summed E-state index contributed by atoms with van der Waals surface area (Å²) in [4.78, 5) is 23.6. The molecule has 0 aliphatic carbocycles. The maximum atomic E-state index is 12.6. The van der Waals surface area contributed by atoms with E-state index >= 15 is 0 Å². The number of nitrogens with one attached hydrogen (secondary N) is 1. The number of carbonyl (C=O) groups is 2. The average Bonchev–Trinajstić information content (AvgIpc) is 3.03. The SMILES string of the molecule is C=CC(=O)OCCCCCCOc1ccc(C(=O)Oc2ccc(C(=C)Oc3ccc(CCCCC)cc3C=N)cc2)cc1. The minimum atomic E-state index is -0.471. The molecule has 0 atom stereocenters. The Kier molecular flexibility index (Phi) is 13.8. The molecule has 1 N–H and O–H groups in total. The second-order valence-electron chi connectivity index (χ2n) is 10.1. The minimum absolute atomic E-state index is 0.394. The molecule has 7 nitrogen and oxygen atoms in total. The van der Waals surface area contributed by atoms with Crippen LogP contribution in [-0.2, 0) is 16.0 Å². The molecule has 3 aromatic rings. The van der Waals surface area contributed by atoms with Crippen LogP contribution >= 0.6 is 0 Å². The van der Waals surface area contributed by atoms with Crippen molar-refractivity contribution in [2.75, 3.05) is 13.2 Å². The number of hydrogen-bond donors (Lipinski definition) is 1. The van der Waals surface area contributed by atoms with E-state index in [4.69, 9.17) is 24.4 Å². The number of rotatable bonds is 19. The molecule has 0 fully saturated rings. The van der Waals surface area contributed by atoms with Crippen LogP contribution < -0.4 is 14.2 Å². The quantitative estimate of drug-likeness (QED) is 0.0381. The van der Waals surface area contributed by atoms with Gasteiger partial charge in [-0.15, -0.1) is 0 Å². The smallest absolute Gasteiger partial charge is 0.343 e. The monoisotopic (exact) mass is 583 g/mol. The van der Waals surface area contributed by atoms with Gasteiger partial charge in [0.05, 0.1) is 18.8 Å². The molecule has 0 bridgehead atoms. The summed E-state index contributed by atoms with van der Waals surface area (Å²) in [7, 11) is 0. The zero-order valence-electron chi connectivity index (χ0n) is 24.9. The van der Waals surface area contributed by atoms with Crippen molar-refractivity contribution in [1.82, 2.24) is 0 Å². The number of carbonyl (C=O) groups excluding carboxylic acids is 2. The highest BCUT2D eigenvalue weighted by molar-refractivity contribution is 5.91. The summed E-state index contributed by atoms with van der Waals surface area (Å²) in [6.07, 6.45) is 10.5. The van der Waals surface area contributed by atoms with Gasteiger partial charge in [0.15, 0.2) is 0 Å². The van der Waals surface area contributed by atoms with Crippen LogP contribution in [0.25, 0.3) is 5.76 Å². The highest BCUT2D eigenvalue weighted by Gasteiger charge is 2.11. The van der Waals surface area contributed by atoms with E-state index in [1.807, 2.05) is 18.2 Å². The summed E-state index contributed by atoms with van der Waals surface area (Å²) in [5.41, 5.74) is 3.04. The summed E-state index contributed by atoms with van der Waals surface area (Å²) in [6, 6.07) is 19.7. The molecule has 0 unspecified atom stereocenters. The van der Waals surface area contributed by atoms with Gasteiger partial charge in [0.2, 0.25) is 0 Å². The third kappa shape index (κ3) is 11.3. The van der Waals surface area contributed by atoms with E-state index in [-0.39, 0.29) is 0 Å². The molecule has 0 saturated carbocycles. The summed E-state index contributed by atoms with van der Waals surface area (Å²) >= 11 is 0. The molecule has 0 radical (unpaired) electrons. The minimum Gasteiger partial charge on any atom is -0.494 e. The first-order valence-electron chi connectivity index (χ1n) is 14.8. The van der Waals surface area contributed by atoms with Crippen LogP contribution in [0.15, 0.2) is 86.0 Å². The van der Waals surface area contributed by atoms with Crippen LogP contribution in [-0.4, -0.2) is 31.4 Å². The van der Waals surface area contributed by atoms with Crippen molar-refractivity contribution in [2.45, 2.75) is 58.3 Å². The van der Waals surface area contributed by atoms with Gasteiger partial charge in [0, 0.05) is 23.4 Å². The van der Waals surface area contributed by atoms with E-state index in [1.165, 1.54) is 24.6 Å². The second-order valence-corrected chi connectivity index (χ2v) is 10.1. The van der Waals surface area contributed by atoms with E-state index in [0.717, 1.165) is 50.2 Å². The number of unbranched alkanes of at least 4 members (excludes halogenated alkanes) is 5. The summed E-state index contributed by atoms with van der Waals surface area (Å²) in [5.74, 6) is 1.22. The van der Waals surface area contributed by atoms with E-state index < -0.39 is 11.9 Å². The van der Waals surface area contributed by atoms with E-state index in [1.54, 1.807) is 48.5 Å². The van der Waals surface area contributed by atoms with Gasteiger partial charge in [-0.25, -0.2) is 9.59 Å². The molecule has 226 valence electrons. The van der Waals surface area contributed by atoms with Crippen LogP contribution in [0.1, 0.15) is 78.9 Å².